The molecule has 4 rings (SSSR count). The number of alkyl halides is 3. The number of nitro benzene ring substituents is 2. The molecule has 0 saturated heterocycles. The fourth-order valence-electron chi connectivity index (χ4n) is 3.85. The fraction of sp³-hybridized carbons (Fsp3) is 0.200. The van der Waals surface area contributed by atoms with E-state index in [1.165, 1.54) is 6.26 Å². The highest BCUT2D eigenvalue weighted by Gasteiger charge is 2.32. The minimum absolute atomic E-state index is 0.120. The highest BCUT2D eigenvalue weighted by Crippen LogP contribution is 2.30. The van der Waals surface area contributed by atoms with E-state index in [1.54, 1.807) is 25.1 Å². The third-order valence-electron chi connectivity index (χ3n) is 6.39. The molecule has 0 spiro atoms. The summed E-state index contributed by atoms with van der Waals surface area (Å²) in [6.07, 6.45) is -1.15. The molecule has 0 aromatic heterocycles. The van der Waals surface area contributed by atoms with Gasteiger partial charge >= 0.3 is 6.18 Å². The summed E-state index contributed by atoms with van der Waals surface area (Å²) in [5.74, 6) is -11.7. The molecule has 0 atom stereocenters. The van der Waals surface area contributed by atoms with Gasteiger partial charge in [-0.25, -0.2) is 55.6 Å². The molecule has 0 saturated carbocycles. The van der Waals surface area contributed by atoms with Gasteiger partial charge in [0.1, 0.15) is 9.79 Å². The maximum atomic E-state index is 12.8. The zero-order chi connectivity index (χ0) is 43.9. The second kappa shape index (κ2) is 18.2. The standard InChI is InChI=1S/C8H7F3O2S.C8H10O2S.C7H3F5O2S.C7H6N2O6S/c1-14(12,13)7-4-2-6(3-5-7)8(9,10)11;1-7-5-3-4-6-8(7)11(2,9)10;1-15(13,14)7-5(11)3(9)2(8)4(10)6(7)12;1-16(14,15)7-3-2-5(8(10)11)4-6(7)9(12)13/h2-5H,1H3;3-6H,1-2H3;1H3;2-4H,1H3. The van der Waals surface area contributed by atoms with Crippen molar-refractivity contribution in [2.24, 2.45) is 0 Å². The van der Waals surface area contributed by atoms with Crippen molar-refractivity contribution in [3.63, 3.8) is 0 Å². The first kappa shape index (κ1) is 48.9. The minimum Gasteiger partial charge on any atom is -0.258 e. The number of sulfone groups is 4. The van der Waals surface area contributed by atoms with Crippen molar-refractivity contribution in [3.05, 3.63) is 127 Å². The van der Waals surface area contributed by atoms with Crippen LogP contribution in [0.3, 0.4) is 0 Å². The molecule has 308 valence electrons. The lowest BCUT2D eigenvalue weighted by molar-refractivity contribution is -0.396. The highest BCUT2D eigenvalue weighted by molar-refractivity contribution is 7.91. The Hall–Kier alpha value is -5.08. The van der Waals surface area contributed by atoms with Crippen molar-refractivity contribution in [2.45, 2.75) is 32.7 Å². The number of rotatable bonds is 6. The third kappa shape index (κ3) is 13.6. The molecule has 14 nitrogen and oxygen atoms in total. The lowest BCUT2D eigenvalue weighted by Gasteiger charge is -2.06. The summed E-state index contributed by atoms with van der Waals surface area (Å²) in [6, 6.07) is 12.7. The van der Waals surface area contributed by atoms with Crippen LogP contribution in [0, 0.1) is 56.2 Å². The van der Waals surface area contributed by atoms with Gasteiger partial charge in [-0.15, -0.1) is 0 Å². The Kier molecular flexibility index (Phi) is 15.9. The van der Waals surface area contributed by atoms with Gasteiger partial charge < -0.3 is 0 Å². The molecule has 0 aliphatic heterocycles. The molecule has 0 N–H and O–H groups in total. The zero-order valence-corrected chi connectivity index (χ0v) is 32.1. The monoisotopic (exact) mass is 886 g/mol. The maximum Gasteiger partial charge on any atom is 0.416 e. The Morgan fingerprint density at radius 2 is 0.964 bits per heavy atom. The Morgan fingerprint density at radius 3 is 1.29 bits per heavy atom. The predicted molar refractivity (Wildman–Crippen MR) is 181 cm³/mol. The first-order valence-electron chi connectivity index (χ1n) is 14.1. The second-order valence-corrected chi connectivity index (χ2v) is 18.9. The van der Waals surface area contributed by atoms with E-state index < -0.39 is 111 Å². The van der Waals surface area contributed by atoms with Gasteiger partial charge in [0.15, 0.2) is 62.6 Å². The van der Waals surface area contributed by atoms with Gasteiger partial charge in [0.2, 0.25) is 5.82 Å². The number of hydrogen-bond acceptors (Lipinski definition) is 12. The van der Waals surface area contributed by atoms with Crippen LogP contribution in [0.5, 0.6) is 0 Å². The van der Waals surface area contributed by atoms with Crippen LogP contribution in [-0.4, -0.2) is 68.5 Å². The molecule has 56 heavy (non-hydrogen) atoms. The molecule has 0 amide bonds. The first-order valence-corrected chi connectivity index (χ1v) is 21.7. The molecular weight excluding hydrogens is 861 g/mol. The lowest BCUT2D eigenvalue weighted by Crippen LogP contribution is -2.11. The molecule has 0 radical (unpaired) electrons. The van der Waals surface area contributed by atoms with Gasteiger partial charge in [-0.1, -0.05) is 18.2 Å². The van der Waals surface area contributed by atoms with E-state index in [-0.39, 0.29) is 4.90 Å². The van der Waals surface area contributed by atoms with Crippen LogP contribution in [0.15, 0.2) is 86.3 Å². The average molecular weight is 887 g/mol. The van der Waals surface area contributed by atoms with Crippen molar-refractivity contribution in [2.75, 3.05) is 25.0 Å². The number of non-ortho nitro benzene ring substituents is 1. The third-order valence-corrected chi connectivity index (χ3v) is 11.0. The van der Waals surface area contributed by atoms with Crippen molar-refractivity contribution in [3.8, 4) is 0 Å². The van der Waals surface area contributed by atoms with Gasteiger partial charge in [0, 0.05) is 31.1 Å². The number of nitro groups is 2. The molecule has 0 bridgehead atoms. The molecule has 4 aromatic carbocycles. The minimum atomic E-state index is -4.52. The maximum absolute atomic E-state index is 12.8. The number of halogens is 8. The van der Waals surface area contributed by atoms with E-state index in [2.05, 4.69) is 0 Å². The molecule has 26 heteroatoms. The Labute approximate surface area is 313 Å². The molecular formula is C30H26F8N2O12S4. The number of benzene rings is 4. The smallest absolute Gasteiger partial charge is 0.258 e. The summed E-state index contributed by atoms with van der Waals surface area (Å²) >= 11 is 0. The second-order valence-electron chi connectivity index (χ2n) is 10.9. The van der Waals surface area contributed by atoms with Gasteiger partial charge in [-0.05, 0) is 48.9 Å². The largest absolute Gasteiger partial charge is 0.416 e. The van der Waals surface area contributed by atoms with E-state index in [1.807, 2.05) is 6.07 Å². The average Bonchev–Trinajstić information content (AvgIpc) is 3.05. The van der Waals surface area contributed by atoms with Crippen LogP contribution < -0.4 is 0 Å². The normalized spacial score (nSPS) is 11.8. The predicted octanol–water partition coefficient (Wildman–Crippen LogP) is 6.20. The van der Waals surface area contributed by atoms with E-state index >= 15 is 0 Å². The molecule has 0 aliphatic carbocycles. The molecule has 4 aromatic rings. The summed E-state index contributed by atoms with van der Waals surface area (Å²) in [5, 5.41) is 20.9. The molecule has 0 unspecified atom stereocenters. The van der Waals surface area contributed by atoms with E-state index in [9.17, 15) is 89.0 Å². The van der Waals surface area contributed by atoms with Crippen LogP contribution in [0.4, 0.5) is 46.5 Å². The van der Waals surface area contributed by atoms with Crippen LogP contribution in [0.25, 0.3) is 0 Å². The van der Waals surface area contributed by atoms with E-state index in [4.69, 9.17) is 0 Å². The van der Waals surface area contributed by atoms with Crippen molar-refractivity contribution >= 4 is 50.7 Å². The Balaban J connectivity index is 0.000000376. The highest BCUT2D eigenvalue weighted by atomic mass is 32.2. The number of nitrogens with zero attached hydrogens (tertiary/aromatic N) is 2. The SMILES string of the molecule is CS(=O)(=O)c1c(F)c(F)c(F)c(F)c1F.CS(=O)(=O)c1ccc(C(F)(F)F)cc1.CS(=O)(=O)c1ccc([N+](=O)[O-])cc1[N+](=O)[O-].Cc1ccccc1S(C)(=O)=O. The number of aryl methyl sites for hydroxylation is 1. The number of hydrogen-bond donors (Lipinski definition) is 0. The Bertz CT molecular complexity index is 2560. The first-order chi connectivity index (χ1) is 25.1. The van der Waals surface area contributed by atoms with Crippen LogP contribution >= 0.6 is 0 Å². The van der Waals surface area contributed by atoms with Crippen molar-refractivity contribution in [1.29, 1.82) is 0 Å². The van der Waals surface area contributed by atoms with E-state index in [0.717, 1.165) is 54.5 Å². The van der Waals surface area contributed by atoms with Crippen LogP contribution in [0.1, 0.15) is 11.1 Å². The van der Waals surface area contributed by atoms with E-state index in [0.29, 0.717) is 17.2 Å². The van der Waals surface area contributed by atoms with Gasteiger partial charge in [0.25, 0.3) is 11.4 Å². The summed E-state index contributed by atoms with van der Waals surface area (Å²) in [5.41, 5.74) is -1.38. The summed E-state index contributed by atoms with van der Waals surface area (Å²) in [4.78, 5) is 17.1. The van der Waals surface area contributed by atoms with Crippen LogP contribution in [0.2, 0.25) is 0 Å². The Morgan fingerprint density at radius 1 is 0.536 bits per heavy atom. The summed E-state index contributed by atoms with van der Waals surface area (Å²) in [6.45, 7) is 1.79. The zero-order valence-electron chi connectivity index (χ0n) is 28.8. The summed E-state index contributed by atoms with van der Waals surface area (Å²) < 4.78 is 187. The molecule has 0 aliphatic rings. The van der Waals surface area contributed by atoms with Crippen LogP contribution in [-0.2, 0) is 45.5 Å². The molecule has 0 fully saturated rings. The fourth-order valence-corrected chi connectivity index (χ4v) is 7.12. The quantitative estimate of drug-likeness (QED) is 0.0527. The summed E-state index contributed by atoms with van der Waals surface area (Å²) in [7, 11) is -14.8. The topological polar surface area (TPSA) is 223 Å². The molecule has 0 heterocycles. The van der Waals surface area contributed by atoms with Gasteiger partial charge in [0.05, 0.1) is 31.3 Å². The van der Waals surface area contributed by atoms with Gasteiger partial charge in [-0.2, -0.15) is 13.2 Å². The van der Waals surface area contributed by atoms with Crippen molar-refractivity contribution < 1.29 is 78.6 Å². The lowest BCUT2D eigenvalue weighted by atomic mass is 10.2. The van der Waals surface area contributed by atoms with Crippen molar-refractivity contribution in [1.82, 2.24) is 0 Å². The van der Waals surface area contributed by atoms with Gasteiger partial charge in [-0.3, -0.25) is 20.2 Å².